The van der Waals surface area contributed by atoms with Crippen molar-refractivity contribution >= 4 is 17.5 Å². The van der Waals surface area contributed by atoms with Crippen LogP contribution >= 0.6 is 0 Å². The molecule has 0 bridgehead atoms. The summed E-state index contributed by atoms with van der Waals surface area (Å²) < 4.78 is 45.4. The Kier molecular flexibility index (Phi) is 7.05. The molecular formula is C23H23F3N4O3. The lowest BCUT2D eigenvalue weighted by atomic mass is 10.1. The van der Waals surface area contributed by atoms with E-state index in [1.54, 1.807) is 23.0 Å². The molecule has 1 aromatic heterocycles. The topological polar surface area (TPSA) is 85.2 Å². The van der Waals surface area contributed by atoms with E-state index in [1.807, 2.05) is 20.9 Å². The van der Waals surface area contributed by atoms with Crippen LogP contribution in [0.5, 0.6) is 5.75 Å². The van der Waals surface area contributed by atoms with Crippen LogP contribution in [0.25, 0.3) is 0 Å². The third-order valence-corrected chi connectivity index (χ3v) is 5.05. The van der Waals surface area contributed by atoms with E-state index >= 15 is 0 Å². The van der Waals surface area contributed by atoms with E-state index in [2.05, 4.69) is 15.7 Å². The van der Waals surface area contributed by atoms with Crippen molar-refractivity contribution in [3.05, 3.63) is 77.1 Å². The predicted octanol–water partition coefficient (Wildman–Crippen LogP) is 4.26. The number of benzene rings is 2. The number of aryl methyl sites for hydroxylation is 1. The van der Waals surface area contributed by atoms with Crippen molar-refractivity contribution < 1.29 is 27.5 Å². The number of amides is 2. The molecule has 0 fully saturated rings. The van der Waals surface area contributed by atoms with Crippen LogP contribution in [0.2, 0.25) is 0 Å². The zero-order valence-corrected chi connectivity index (χ0v) is 18.2. The van der Waals surface area contributed by atoms with Gasteiger partial charge in [-0.1, -0.05) is 6.07 Å². The van der Waals surface area contributed by atoms with Gasteiger partial charge in [0.2, 0.25) is 0 Å². The molecule has 0 radical (unpaired) electrons. The minimum absolute atomic E-state index is 0.0171. The summed E-state index contributed by atoms with van der Waals surface area (Å²) >= 11 is 0. The summed E-state index contributed by atoms with van der Waals surface area (Å²) in [6.07, 6.45) is -2.79. The number of rotatable bonds is 7. The molecule has 1 unspecified atom stereocenters. The first-order valence-electron chi connectivity index (χ1n) is 10.0. The SMILES string of the molecule is Cc1c(C(C)NC(=O)c2ccc(OCC(=O)Nc3cccc(C(F)(F)F)c3)cc2)cnn1C. The van der Waals surface area contributed by atoms with Crippen molar-refractivity contribution in [3.63, 3.8) is 0 Å². The molecule has 0 saturated heterocycles. The summed E-state index contributed by atoms with van der Waals surface area (Å²) in [7, 11) is 1.83. The molecule has 2 aromatic carbocycles. The van der Waals surface area contributed by atoms with E-state index < -0.39 is 24.3 Å². The van der Waals surface area contributed by atoms with Gasteiger partial charge >= 0.3 is 6.18 Å². The Balaban J connectivity index is 1.52. The van der Waals surface area contributed by atoms with Crippen molar-refractivity contribution in [3.8, 4) is 5.75 Å². The van der Waals surface area contributed by atoms with Gasteiger partial charge in [-0.05, 0) is 56.3 Å². The van der Waals surface area contributed by atoms with Gasteiger partial charge in [-0.3, -0.25) is 14.3 Å². The Morgan fingerprint density at radius 1 is 1.15 bits per heavy atom. The van der Waals surface area contributed by atoms with E-state index in [-0.39, 0.29) is 17.6 Å². The van der Waals surface area contributed by atoms with Crippen molar-refractivity contribution in [1.82, 2.24) is 15.1 Å². The minimum Gasteiger partial charge on any atom is -0.484 e. The molecule has 174 valence electrons. The molecule has 1 heterocycles. The lowest BCUT2D eigenvalue weighted by molar-refractivity contribution is -0.137. The highest BCUT2D eigenvalue weighted by atomic mass is 19.4. The van der Waals surface area contributed by atoms with Crippen molar-refractivity contribution in [2.45, 2.75) is 26.1 Å². The largest absolute Gasteiger partial charge is 0.484 e. The van der Waals surface area contributed by atoms with Gasteiger partial charge in [0.05, 0.1) is 17.8 Å². The molecule has 10 heteroatoms. The molecule has 1 atom stereocenters. The smallest absolute Gasteiger partial charge is 0.416 e. The van der Waals surface area contributed by atoms with E-state index in [9.17, 15) is 22.8 Å². The second kappa shape index (κ2) is 9.76. The van der Waals surface area contributed by atoms with Crippen LogP contribution in [0, 0.1) is 6.92 Å². The first-order valence-corrected chi connectivity index (χ1v) is 10.0. The van der Waals surface area contributed by atoms with Crippen LogP contribution in [0.4, 0.5) is 18.9 Å². The number of nitrogens with zero attached hydrogens (tertiary/aromatic N) is 2. The average Bonchev–Trinajstić information content (AvgIpc) is 3.10. The Hall–Kier alpha value is -3.82. The number of anilines is 1. The average molecular weight is 460 g/mol. The standard InChI is InChI=1S/C23H23F3N4O3/c1-14(20-12-27-30(3)15(20)2)28-22(32)16-7-9-19(10-8-16)33-13-21(31)29-18-6-4-5-17(11-18)23(24,25)26/h4-12,14H,13H2,1-3H3,(H,28,32)(H,29,31). The lowest BCUT2D eigenvalue weighted by Gasteiger charge is -2.14. The van der Waals surface area contributed by atoms with Gasteiger partial charge in [0, 0.05) is 29.6 Å². The Bertz CT molecular complexity index is 1140. The van der Waals surface area contributed by atoms with Crippen molar-refractivity contribution in [2.24, 2.45) is 7.05 Å². The summed E-state index contributed by atoms with van der Waals surface area (Å²) in [6, 6.07) is 10.3. The molecule has 0 aliphatic heterocycles. The van der Waals surface area contributed by atoms with Gasteiger partial charge in [-0.15, -0.1) is 0 Å². The fraction of sp³-hybridized carbons (Fsp3) is 0.261. The molecular weight excluding hydrogens is 437 g/mol. The highest BCUT2D eigenvalue weighted by Crippen LogP contribution is 2.30. The maximum Gasteiger partial charge on any atom is 0.416 e. The summed E-state index contributed by atoms with van der Waals surface area (Å²) in [5, 5.41) is 9.44. The van der Waals surface area contributed by atoms with Crippen LogP contribution in [-0.2, 0) is 18.0 Å². The minimum atomic E-state index is -4.50. The summed E-state index contributed by atoms with van der Waals surface area (Å²) in [5.41, 5.74) is 1.43. The predicted molar refractivity (Wildman–Crippen MR) is 116 cm³/mol. The van der Waals surface area contributed by atoms with Crippen molar-refractivity contribution in [2.75, 3.05) is 11.9 Å². The maximum absolute atomic E-state index is 12.8. The Morgan fingerprint density at radius 2 is 1.85 bits per heavy atom. The molecule has 33 heavy (non-hydrogen) atoms. The molecule has 3 aromatic rings. The highest BCUT2D eigenvalue weighted by molar-refractivity contribution is 5.94. The van der Waals surface area contributed by atoms with E-state index in [4.69, 9.17) is 4.74 Å². The number of hydrogen-bond acceptors (Lipinski definition) is 4. The fourth-order valence-electron chi connectivity index (χ4n) is 3.12. The third kappa shape index (κ3) is 6.12. The number of alkyl halides is 3. The quantitative estimate of drug-likeness (QED) is 0.552. The Labute approximate surface area is 188 Å². The molecule has 0 saturated carbocycles. The van der Waals surface area contributed by atoms with Gasteiger partial charge in [-0.2, -0.15) is 18.3 Å². The van der Waals surface area contributed by atoms with E-state index in [1.165, 1.54) is 24.3 Å². The molecule has 7 nitrogen and oxygen atoms in total. The number of aromatic nitrogens is 2. The van der Waals surface area contributed by atoms with E-state index in [0.29, 0.717) is 11.3 Å². The van der Waals surface area contributed by atoms with Gasteiger partial charge in [-0.25, -0.2) is 0 Å². The second-order valence-corrected chi connectivity index (χ2v) is 7.44. The van der Waals surface area contributed by atoms with Gasteiger partial charge in [0.1, 0.15) is 5.75 Å². The van der Waals surface area contributed by atoms with Crippen LogP contribution in [0.15, 0.2) is 54.7 Å². The monoisotopic (exact) mass is 460 g/mol. The first kappa shape index (κ1) is 23.8. The van der Waals surface area contributed by atoms with Crippen LogP contribution in [0.1, 0.15) is 40.1 Å². The van der Waals surface area contributed by atoms with Crippen molar-refractivity contribution in [1.29, 1.82) is 0 Å². The van der Waals surface area contributed by atoms with Gasteiger partial charge in [0.15, 0.2) is 6.61 Å². The number of halogens is 3. The zero-order chi connectivity index (χ0) is 24.2. The number of hydrogen-bond donors (Lipinski definition) is 2. The number of nitrogens with one attached hydrogen (secondary N) is 2. The lowest BCUT2D eigenvalue weighted by Crippen LogP contribution is -2.27. The first-order chi connectivity index (χ1) is 15.5. The number of carbonyl (C=O) groups is 2. The highest BCUT2D eigenvalue weighted by Gasteiger charge is 2.30. The maximum atomic E-state index is 12.8. The molecule has 2 N–H and O–H groups in total. The summed E-state index contributed by atoms with van der Waals surface area (Å²) in [5.74, 6) is -0.557. The number of carbonyl (C=O) groups excluding carboxylic acids is 2. The molecule has 0 aliphatic rings. The fourth-order valence-corrected chi connectivity index (χ4v) is 3.12. The van der Waals surface area contributed by atoms with Crippen LogP contribution in [-0.4, -0.2) is 28.2 Å². The zero-order valence-electron chi connectivity index (χ0n) is 18.2. The molecule has 0 aliphatic carbocycles. The molecule has 0 spiro atoms. The third-order valence-electron chi connectivity index (χ3n) is 5.05. The van der Waals surface area contributed by atoms with E-state index in [0.717, 1.165) is 23.4 Å². The molecule has 2 amide bonds. The van der Waals surface area contributed by atoms with Crippen LogP contribution in [0.3, 0.4) is 0 Å². The second-order valence-electron chi connectivity index (χ2n) is 7.44. The summed E-state index contributed by atoms with van der Waals surface area (Å²) in [4.78, 5) is 24.5. The van der Waals surface area contributed by atoms with Gasteiger partial charge < -0.3 is 15.4 Å². The Morgan fingerprint density at radius 3 is 2.45 bits per heavy atom. The summed E-state index contributed by atoms with van der Waals surface area (Å²) in [6.45, 7) is 3.38. The molecule has 3 rings (SSSR count). The van der Waals surface area contributed by atoms with Gasteiger partial charge in [0.25, 0.3) is 11.8 Å². The number of ether oxygens (including phenoxy) is 1. The van der Waals surface area contributed by atoms with Crippen LogP contribution < -0.4 is 15.4 Å². The normalized spacial score (nSPS) is 12.2.